The van der Waals surface area contributed by atoms with Gasteiger partial charge in [-0.05, 0) is 45.7 Å². The van der Waals surface area contributed by atoms with Crippen LogP contribution in [0.25, 0.3) is 32.9 Å². The van der Waals surface area contributed by atoms with Crippen LogP contribution in [0.4, 0.5) is 0 Å². The smallest absolute Gasteiger partial charge is 0.0713 e. The Hall–Kier alpha value is -3.53. The molecule has 0 unspecified atom stereocenters. The van der Waals surface area contributed by atoms with E-state index in [1.165, 1.54) is 27.3 Å². The van der Waals surface area contributed by atoms with E-state index in [2.05, 4.69) is 102 Å². The first kappa shape index (κ1) is 19.4. The number of rotatable bonds is 6. The van der Waals surface area contributed by atoms with Crippen LogP contribution in [-0.4, -0.2) is 4.98 Å². The number of hydrogen-bond donors (Lipinski definition) is 2. The average molecular weight is 404 g/mol. The number of aromatic nitrogens is 1. The average Bonchev–Trinajstić information content (AvgIpc) is 2.84. The maximum absolute atomic E-state index is 5.70. The topological polar surface area (TPSA) is 50.9 Å². The Morgan fingerprint density at radius 1 is 0.677 bits per heavy atom. The van der Waals surface area contributed by atoms with E-state index in [9.17, 15) is 0 Å². The van der Waals surface area contributed by atoms with Crippen LogP contribution in [0.5, 0.6) is 0 Å². The summed E-state index contributed by atoms with van der Waals surface area (Å²) in [6, 6.07) is 34.1. The minimum Gasteiger partial charge on any atom is -0.326 e. The van der Waals surface area contributed by atoms with Crippen molar-refractivity contribution in [2.24, 2.45) is 5.73 Å². The van der Waals surface area contributed by atoms with Gasteiger partial charge in [-0.1, -0.05) is 78.9 Å². The lowest BCUT2D eigenvalue weighted by atomic mass is 10.0. The molecule has 0 aliphatic rings. The van der Waals surface area contributed by atoms with Crippen LogP contribution < -0.4 is 11.1 Å². The van der Waals surface area contributed by atoms with Crippen LogP contribution in [0.3, 0.4) is 0 Å². The van der Waals surface area contributed by atoms with Gasteiger partial charge in [0.1, 0.15) is 0 Å². The van der Waals surface area contributed by atoms with E-state index in [1.54, 1.807) is 0 Å². The van der Waals surface area contributed by atoms with Gasteiger partial charge in [-0.25, -0.2) is 4.98 Å². The van der Waals surface area contributed by atoms with Gasteiger partial charge in [0, 0.05) is 30.6 Å². The van der Waals surface area contributed by atoms with Crippen LogP contribution in [0.15, 0.2) is 97.1 Å². The van der Waals surface area contributed by atoms with E-state index < -0.39 is 0 Å². The molecular weight excluding hydrogens is 378 g/mol. The number of fused-ring (bicyclic) bond motifs is 2. The molecule has 0 aliphatic carbocycles. The van der Waals surface area contributed by atoms with Gasteiger partial charge in [-0.3, -0.25) is 0 Å². The predicted octanol–water partition coefficient (Wildman–Crippen LogP) is 5.80. The summed E-state index contributed by atoms with van der Waals surface area (Å²) in [4.78, 5) is 4.96. The molecule has 0 fully saturated rings. The molecule has 0 aliphatic heterocycles. The van der Waals surface area contributed by atoms with Crippen molar-refractivity contribution in [3.8, 4) is 11.3 Å². The second kappa shape index (κ2) is 8.68. The monoisotopic (exact) mass is 403 g/mol. The minimum atomic E-state index is 0.578. The van der Waals surface area contributed by atoms with Crippen LogP contribution in [0.2, 0.25) is 0 Å². The van der Waals surface area contributed by atoms with Crippen LogP contribution >= 0.6 is 0 Å². The summed E-state index contributed by atoms with van der Waals surface area (Å²) >= 11 is 0. The van der Waals surface area contributed by atoms with Crippen molar-refractivity contribution in [1.82, 2.24) is 10.3 Å². The Balaban J connectivity index is 1.45. The molecule has 0 bridgehead atoms. The third-order valence-electron chi connectivity index (χ3n) is 5.75. The van der Waals surface area contributed by atoms with Gasteiger partial charge >= 0.3 is 0 Å². The third-order valence-corrected chi connectivity index (χ3v) is 5.75. The van der Waals surface area contributed by atoms with Crippen LogP contribution in [-0.2, 0) is 19.6 Å². The standard InChI is InChI=1S/C28H25N3/c29-17-20-9-11-21(12-10-20)18-30-19-25-16-28(31-27-8-4-3-7-26(25)27)24-14-13-22-5-1-2-6-23(22)15-24/h1-16,30H,17-19,29H2. The fourth-order valence-electron chi connectivity index (χ4n) is 4.02. The molecule has 5 aromatic rings. The maximum atomic E-state index is 5.70. The molecule has 1 heterocycles. The Morgan fingerprint density at radius 2 is 1.42 bits per heavy atom. The molecule has 0 amide bonds. The SMILES string of the molecule is NCc1ccc(CNCc2cc(-c3ccc4ccccc4c3)nc3ccccc23)cc1. The van der Waals surface area contributed by atoms with Crippen molar-refractivity contribution in [3.63, 3.8) is 0 Å². The molecule has 0 atom stereocenters. The van der Waals surface area contributed by atoms with Gasteiger partial charge < -0.3 is 11.1 Å². The molecule has 152 valence electrons. The molecular formula is C28H25N3. The Kier molecular flexibility index (Phi) is 5.44. The summed E-state index contributed by atoms with van der Waals surface area (Å²) in [5, 5.41) is 7.27. The lowest BCUT2D eigenvalue weighted by Gasteiger charge is -2.12. The first-order chi connectivity index (χ1) is 15.3. The number of nitrogens with zero attached hydrogens (tertiary/aromatic N) is 1. The summed E-state index contributed by atoms with van der Waals surface area (Å²) in [6.07, 6.45) is 0. The second-order valence-corrected chi connectivity index (χ2v) is 7.87. The largest absolute Gasteiger partial charge is 0.326 e. The van der Waals surface area contributed by atoms with Crippen molar-refractivity contribution in [2.45, 2.75) is 19.6 Å². The van der Waals surface area contributed by atoms with Gasteiger partial charge in [-0.15, -0.1) is 0 Å². The lowest BCUT2D eigenvalue weighted by Crippen LogP contribution is -2.13. The summed E-state index contributed by atoms with van der Waals surface area (Å²) < 4.78 is 0. The highest BCUT2D eigenvalue weighted by molar-refractivity contribution is 5.89. The van der Waals surface area contributed by atoms with Crippen molar-refractivity contribution >= 4 is 21.7 Å². The Morgan fingerprint density at radius 3 is 2.26 bits per heavy atom. The normalized spacial score (nSPS) is 11.3. The predicted molar refractivity (Wildman–Crippen MR) is 130 cm³/mol. The lowest BCUT2D eigenvalue weighted by molar-refractivity contribution is 0.696. The third kappa shape index (κ3) is 4.19. The van der Waals surface area contributed by atoms with Crippen molar-refractivity contribution in [1.29, 1.82) is 0 Å². The molecule has 0 saturated heterocycles. The number of nitrogens with one attached hydrogen (secondary N) is 1. The molecule has 4 aromatic carbocycles. The molecule has 5 rings (SSSR count). The Bertz CT molecular complexity index is 1340. The maximum Gasteiger partial charge on any atom is 0.0713 e. The van der Waals surface area contributed by atoms with Gasteiger partial charge in [0.25, 0.3) is 0 Å². The van der Waals surface area contributed by atoms with Gasteiger partial charge in [0.2, 0.25) is 0 Å². The van der Waals surface area contributed by atoms with Crippen molar-refractivity contribution in [3.05, 3.63) is 114 Å². The van der Waals surface area contributed by atoms with Gasteiger partial charge in [0.05, 0.1) is 11.2 Å². The molecule has 3 nitrogen and oxygen atoms in total. The fraction of sp³-hybridized carbons (Fsp3) is 0.107. The quantitative estimate of drug-likeness (QED) is 0.376. The van der Waals surface area contributed by atoms with Gasteiger partial charge in [-0.2, -0.15) is 0 Å². The van der Waals surface area contributed by atoms with E-state index in [4.69, 9.17) is 10.7 Å². The van der Waals surface area contributed by atoms with E-state index in [0.717, 1.165) is 35.4 Å². The fourth-order valence-corrected chi connectivity index (χ4v) is 4.02. The van der Waals surface area contributed by atoms with Gasteiger partial charge in [0.15, 0.2) is 0 Å². The first-order valence-corrected chi connectivity index (χ1v) is 10.7. The number of benzene rings is 4. The molecule has 0 saturated carbocycles. The molecule has 1 aromatic heterocycles. The second-order valence-electron chi connectivity index (χ2n) is 7.87. The highest BCUT2D eigenvalue weighted by Crippen LogP contribution is 2.27. The molecule has 0 spiro atoms. The number of pyridine rings is 1. The van der Waals surface area contributed by atoms with E-state index in [0.29, 0.717) is 6.54 Å². The van der Waals surface area contributed by atoms with E-state index >= 15 is 0 Å². The minimum absolute atomic E-state index is 0.578. The first-order valence-electron chi connectivity index (χ1n) is 10.7. The number of nitrogens with two attached hydrogens (primary N) is 1. The van der Waals surface area contributed by atoms with Crippen LogP contribution in [0.1, 0.15) is 16.7 Å². The van der Waals surface area contributed by atoms with Crippen LogP contribution in [0, 0.1) is 0 Å². The highest BCUT2D eigenvalue weighted by atomic mass is 14.8. The zero-order chi connectivity index (χ0) is 21.0. The number of hydrogen-bond acceptors (Lipinski definition) is 3. The summed E-state index contributed by atoms with van der Waals surface area (Å²) in [7, 11) is 0. The zero-order valence-electron chi connectivity index (χ0n) is 17.4. The highest BCUT2D eigenvalue weighted by Gasteiger charge is 2.08. The van der Waals surface area contributed by atoms with E-state index in [1.807, 2.05) is 0 Å². The van der Waals surface area contributed by atoms with Crippen molar-refractivity contribution in [2.75, 3.05) is 0 Å². The van der Waals surface area contributed by atoms with E-state index in [-0.39, 0.29) is 0 Å². The summed E-state index contributed by atoms with van der Waals surface area (Å²) in [6.45, 7) is 2.17. The molecule has 31 heavy (non-hydrogen) atoms. The molecule has 0 radical (unpaired) electrons. The molecule has 3 N–H and O–H groups in total. The number of para-hydroxylation sites is 1. The Labute approximate surface area is 182 Å². The summed E-state index contributed by atoms with van der Waals surface area (Å²) in [5.41, 5.74) is 12.5. The molecule has 3 heteroatoms. The summed E-state index contributed by atoms with van der Waals surface area (Å²) in [5.74, 6) is 0. The van der Waals surface area contributed by atoms with Crippen molar-refractivity contribution < 1.29 is 0 Å². The zero-order valence-corrected chi connectivity index (χ0v) is 17.4.